The van der Waals surface area contributed by atoms with Gasteiger partial charge < -0.3 is 15.5 Å². The van der Waals surface area contributed by atoms with E-state index in [0.717, 1.165) is 11.3 Å². The first-order chi connectivity index (χ1) is 13.5. The Labute approximate surface area is 163 Å². The van der Waals surface area contributed by atoms with Crippen molar-refractivity contribution in [2.75, 3.05) is 27.2 Å². The lowest BCUT2D eigenvalue weighted by atomic mass is 10.1. The van der Waals surface area contributed by atoms with Gasteiger partial charge in [-0.05, 0) is 13.0 Å². The minimum Gasteiger partial charge on any atom is -0.350 e. The van der Waals surface area contributed by atoms with Crippen molar-refractivity contribution in [3.8, 4) is 11.3 Å². The van der Waals surface area contributed by atoms with Gasteiger partial charge in [0.05, 0.1) is 22.8 Å². The third-order valence-electron chi connectivity index (χ3n) is 4.32. The van der Waals surface area contributed by atoms with E-state index in [0.29, 0.717) is 36.2 Å². The van der Waals surface area contributed by atoms with Gasteiger partial charge in [0.2, 0.25) is 0 Å². The molecule has 0 unspecified atom stereocenters. The largest absolute Gasteiger partial charge is 0.350 e. The van der Waals surface area contributed by atoms with Gasteiger partial charge in [-0.2, -0.15) is 5.10 Å². The fourth-order valence-corrected chi connectivity index (χ4v) is 2.82. The third kappa shape index (κ3) is 4.11. The highest BCUT2D eigenvalue weighted by Crippen LogP contribution is 2.24. The van der Waals surface area contributed by atoms with Crippen LogP contribution in [0.4, 0.5) is 4.79 Å². The molecule has 2 aromatic heterocycles. The number of carbonyl (C=O) groups is 2. The minimum absolute atomic E-state index is 0.198. The molecule has 0 aliphatic heterocycles. The SMILES string of the molecule is CCn1ncc2c(C(=O)NCCNC(=O)N(C)C)cc(-c3ccccc3)nc21. The second-order valence-electron chi connectivity index (χ2n) is 6.50. The van der Waals surface area contributed by atoms with Crippen molar-refractivity contribution in [2.24, 2.45) is 0 Å². The summed E-state index contributed by atoms with van der Waals surface area (Å²) >= 11 is 0. The molecule has 0 aliphatic rings. The van der Waals surface area contributed by atoms with Crippen LogP contribution in [0, 0.1) is 0 Å². The lowest BCUT2D eigenvalue weighted by Gasteiger charge is -2.13. The maximum atomic E-state index is 12.8. The zero-order valence-corrected chi connectivity index (χ0v) is 16.3. The molecular formula is C20H24N6O2. The molecule has 1 aromatic carbocycles. The summed E-state index contributed by atoms with van der Waals surface area (Å²) in [6.45, 7) is 3.31. The molecule has 2 heterocycles. The monoisotopic (exact) mass is 380 g/mol. The number of aromatic nitrogens is 3. The molecule has 8 heteroatoms. The van der Waals surface area contributed by atoms with Crippen molar-refractivity contribution in [1.82, 2.24) is 30.3 Å². The third-order valence-corrected chi connectivity index (χ3v) is 4.32. The molecule has 0 aliphatic carbocycles. The lowest BCUT2D eigenvalue weighted by Crippen LogP contribution is -2.39. The molecule has 0 atom stereocenters. The topological polar surface area (TPSA) is 92.2 Å². The van der Waals surface area contributed by atoms with E-state index < -0.39 is 0 Å². The molecule has 0 radical (unpaired) electrons. The summed E-state index contributed by atoms with van der Waals surface area (Å²) in [6.07, 6.45) is 1.67. The Morgan fingerprint density at radius 1 is 1.11 bits per heavy atom. The first-order valence-corrected chi connectivity index (χ1v) is 9.16. The van der Waals surface area contributed by atoms with E-state index in [1.807, 2.05) is 37.3 Å². The maximum Gasteiger partial charge on any atom is 0.316 e. The molecule has 3 amide bonds. The normalized spacial score (nSPS) is 10.7. The molecule has 0 saturated carbocycles. The molecule has 0 saturated heterocycles. The Kier molecular flexibility index (Phi) is 5.88. The van der Waals surface area contributed by atoms with Crippen LogP contribution in [0.2, 0.25) is 0 Å². The van der Waals surface area contributed by atoms with Crippen LogP contribution in [0.5, 0.6) is 0 Å². The van der Waals surface area contributed by atoms with E-state index in [-0.39, 0.29) is 11.9 Å². The molecule has 8 nitrogen and oxygen atoms in total. The van der Waals surface area contributed by atoms with Crippen LogP contribution < -0.4 is 10.6 Å². The van der Waals surface area contributed by atoms with Gasteiger partial charge in [0.25, 0.3) is 5.91 Å². The molecule has 0 bridgehead atoms. The quantitative estimate of drug-likeness (QED) is 0.641. The van der Waals surface area contributed by atoms with Crippen molar-refractivity contribution >= 4 is 23.0 Å². The molecule has 0 spiro atoms. The van der Waals surface area contributed by atoms with Gasteiger partial charge in [-0.25, -0.2) is 14.5 Å². The number of fused-ring (bicyclic) bond motifs is 1. The first-order valence-electron chi connectivity index (χ1n) is 9.16. The van der Waals surface area contributed by atoms with Gasteiger partial charge >= 0.3 is 6.03 Å². The van der Waals surface area contributed by atoms with Crippen molar-refractivity contribution in [2.45, 2.75) is 13.5 Å². The van der Waals surface area contributed by atoms with E-state index in [2.05, 4.69) is 15.7 Å². The number of urea groups is 1. The van der Waals surface area contributed by atoms with Gasteiger partial charge in [0.1, 0.15) is 0 Å². The molecule has 3 aromatic rings. The predicted molar refractivity (Wildman–Crippen MR) is 108 cm³/mol. The van der Waals surface area contributed by atoms with Gasteiger partial charge in [0, 0.05) is 39.3 Å². The average molecular weight is 380 g/mol. The van der Waals surface area contributed by atoms with Gasteiger partial charge in [-0.15, -0.1) is 0 Å². The van der Waals surface area contributed by atoms with Gasteiger partial charge in [-0.3, -0.25) is 4.79 Å². The van der Waals surface area contributed by atoms with E-state index in [9.17, 15) is 9.59 Å². The zero-order chi connectivity index (χ0) is 20.1. The average Bonchev–Trinajstić information content (AvgIpc) is 3.13. The van der Waals surface area contributed by atoms with Crippen LogP contribution in [0.15, 0.2) is 42.6 Å². The van der Waals surface area contributed by atoms with Crippen LogP contribution in [0.1, 0.15) is 17.3 Å². The highest BCUT2D eigenvalue weighted by molar-refractivity contribution is 6.06. The standard InChI is InChI=1S/C20H24N6O2/c1-4-26-18-16(13-23-26)15(12-17(24-18)14-8-6-5-7-9-14)19(27)21-10-11-22-20(28)25(2)3/h5-9,12-13H,4,10-11H2,1-3H3,(H,21,27)(H,22,28). The molecule has 2 N–H and O–H groups in total. The molecular weight excluding hydrogens is 356 g/mol. The van der Waals surface area contributed by atoms with Gasteiger partial charge in [-0.1, -0.05) is 30.3 Å². The summed E-state index contributed by atoms with van der Waals surface area (Å²) in [4.78, 5) is 30.5. The first kappa shape index (κ1) is 19.3. The van der Waals surface area contributed by atoms with Crippen LogP contribution >= 0.6 is 0 Å². The van der Waals surface area contributed by atoms with Gasteiger partial charge in [0.15, 0.2) is 5.65 Å². The molecule has 0 fully saturated rings. The van der Waals surface area contributed by atoms with Crippen molar-refractivity contribution < 1.29 is 9.59 Å². The highest BCUT2D eigenvalue weighted by atomic mass is 16.2. The van der Waals surface area contributed by atoms with E-state index in [1.165, 1.54) is 4.90 Å². The zero-order valence-electron chi connectivity index (χ0n) is 16.3. The van der Waals surface area contributed by atoms with E-state index in [1.54, 1.807) is 31.0 Å². The highest BCUT2D eigenvalue weighted by Gasteiger charge is 2.17. The Morgan fingerprint density at radius 2 is 1.82 bits per heavy atom. The van der Waals surface area contributed by atoms with Crippen molar-refractivity contribution in [3.05, 3.63) is 48.2 Å². The Bertz CT molecular complexity index is 981. The lowest BCUT2D eigenvalue weighted by molar-refractivity contribution is 0.0955. The van der Waals surface area contributed by atoms with Crippen LogP contribution in [-0.4, -0.2) is 58.8 Å². The number of pyridine rings is 1. The summed E-state index contributed by atoms with van der Waals surface area (Å²) in [5, 5.41) is 10.6. The number of aryl methyl sites for hydroxylation is 1. The van der Waals surface area contributed by atoms with Crippen molar-refractivity contribution in [3.63, 3.8) is 0 Å². The number of benzene rings is 1. The van der Waals surface area contributed by atoms with Crippen LogP contribution in [-0.2, 0) is 6.54 Å². The molecule has 3 rings (SSSR count). The number of rotatable bonds is 6. The minimum atomic E-state index is -0.223. The summed E-state index contributed by atoms with van der Waals surface area (Å²) < 4.78 is 1.77. The summed E-state index contributed by atoms with van der Waals surface area (Å²) in [6, 6.07) is 11.3. The summed E-state index contributed by atoms with van der Waals surface area (Å²) in [5.41, 5.74) is 2.84. The van der Waals surface area contributed by atoms with E-state index >= 15 is 0 Å². The number of amides is 3. The summed E-state index contributed by atoms with van der Waals surface area (Å²) in [5.74, 6) is -0.223. The second-order valence-corrected chi connectivity index (χ2v) is 6.50. The Hall–Kier alpha value is -3.42. The maximum absolute atomic E-state index is 12.8. The smallest absolute Gasteiger partial charge is 0.316 e. The molecule has 28 heavy (non-hydrogen) atoms. The Balaban J connectivity index is 1.86. The number of carbonyl (C=O) groups excluding carboxylic acids is 2. The molecule has 146 valence electrons. The van der Waals surface area contributed by atoms with E-state index in [4.69, 9.17) is 4.98 Å². The second kappa shape index (κ2) is 8.51. The predicted octanol–water partition coefficient (Wildman–Crippen LogP) is 2.12. The van der Waals surface area contributed by atoms with Crippen molar-refractivity contribution in [1.29, 1.82) is 0 Å². The van der Waals surface area contributed by atoms with Crippen LogP contribution in [0.3, 0.4) is 0 Å². The number of hydrogen-bond acceptors (Lipinski definition) is 4. The number of hydrogen-bond donors (Lipinski definition) is 2. The number of nitrogens with one attached hydrogen (secondary N) is 2. The number of nitrogens with zero attached hydrogens (tertiary/aromatic N) is 4. The fraction of sp³-hybridized carbons (Fsp3) is 0.300. The summed E-state index contributed by atoms with van der Waals surface area (Å²) in [7, 11) is 3.33. The Morgan fingerprint density at radius 3 is 2.50 bits per heavy atom. The fourth-order valence-electron chi connectivity index (χ4n) is 2.82. The van der Waals surface area contributed by atoms with Crippen LogP contribution in [0.25, 0.3) is 22.3 Å².